The number of piperidine rings is 1. The maximum absolute atomic E-state index is 13.5. The number of nitrogens with zero attached hydrogens (tertiary/aromatic N) is 1. The van der Waals surface area contributed by atoms with Crippen molar-refractivity contribution in [1.29, 1.82) is 0 Å². The van der Waals surface area contributed by atoms with E-state index in [2.05, 4.69) is 0 Å². The molecule has 1 fully saturated rings. The van der Waals surface area contributed by atoms with Gasteiger partial charge < -0.3 is 0 Å². The number of fused-ring (bicyclic) bond motifs is 1. The van der Waals surface area contributed by atoms with Gasteiger partial charge in [0, 0.05) is 0 Å². The molecule has 4 aliphatic rings. The van der Waals surface area contributed by atoms with Crippen molar-refractivity contribution < 1.29 is 21.6 Å². The van der Waals surface area contributed by atoms with Gasteiger partial charge in [-0.05, 0) is 55.5 Å². The minimum Gasteiger partial charge on any atom is -0.273 e. The largest absolute Gasteiger partial charge is 0.273 e. The molecule has 0 unspecified atom stereocenters. The van der Waals surface area contributed by atoms with Gasteiger partial charge in [-0.15, -0.1) is 0 Å². The van der Waals surface area contributed by atoms with E-state index in [0.29, 0.717) is 6.42 Å². The average molecular weight is 456 g/mol. The molecule has 2 aromatic rings. The molecule has 2 aromatic carbocycles. The van der Waals surface area contributed by atoms with Gasteiger partial charge in [-0.2, -0.15) is 0 Å². The lowest BCUT2D eigenvalue weighted by molar-refractivity contribution is -0.137. The van der Waals surface area contributed by atoms with Crippen LogP contribution >= 0.6 is 0 Å². The van der Waals surface area contributed by atoms with Crippen LogP contribution in [0.3, 0.4) is 0 Å². The number of hydrogen-bond acceptors (Lipinski definition) is 5. The Morgan fingerprint density at radius 2 is 1.58 bits per heavy atom. The summed E-state index contributed by atoms with van der Waals surface area (Å²) in [6.07, 6.45) is 5.88. The highest BCUT2D eigenvalue weighted by Gasteiger charge is 2.58. The van der Waals surface area contributed by atoms with Gasteiger partial charge >= 0.3 is 0 Å². The van der Waals surface area contributed by atoms with Gasteiger partial charge in [-0.1, -0.05) is 48.0 Å². The normalized spacial score (nSPS) is 27.3. The molecule has 2 aliphatic carbocycles. The third-order valence-electron chi connectivity index (χ3n) is 6.42. The lowest BCUT2D eigenvalue weighted by atomic mass is 9.71. The highest BCUT2D eigenvalue weighted by Crippen LogP contribution is 2.52. The van der Waals surface area contributed by atoms with Crippen molar-refractivity contribution in [3.05, 3.63) is 83.3 Å². The molecule has 2 aliphatic heterocycles. The zero-order chi connectivity index (χ0) is 22.0. The van der Waals surface area contributed by atoms with Crippen molar-refractivity contribution in [1.82, 2.24) is 4.31 Å². The third kappa shape index (κ3) is 2.92. The molecular weight excluding hydrogens is 434 g/mol. The van der Waals surface area contributed by atoms with Crippen LogP contribution in [-0.4, -0.2) is 33.1 Å². The van der Waals surface area contributed by atoms with Crippen molar-refractivity contribution in [2.24, 2.45) is 17.8 Å². The number of rotatable bonds is 4. The van der Waals surface area contributed by atoms with E-state index in [1.54, 1.807) is 30.3 Å². The summed E-state index contributed by atoms with van der Waals surface area (Å²) in [7, 11) is -8.03. The zero-order valence-corrected chi connectivity index (χ0v) is 18.4. The summed E-state index contributed by atoms with van der Waals surface area (Å²) in [6.45, 7) is 1.85. The zero-order valence-electron chi connectivity index (χ0n) is 16.7. The first kappa shape index (κ1) is 20.2. The molecule has 1 saturated heterocycles. The van der Waals surface area contributed by atoms with Gasteiger partial charge in [0.05, 0.1) is 26.7 Å². The Kier molecular flexibility index (Phi) is 4.50. The second-order valence-electron chi connectivity index (χ2n) is 8.21. The van der Waals surface area contributed by atoms with Crippen LogP contribution in [-0.2, 0) is 24.7 Å². The van der Waals surface area contributed by atoms with Crippen LogP contribution in [0.1, 0.15) is 12.0 Å². The number of aryl methyl sites for hydroxylation is 1. The molecule has 6 nitrogen and oxygen atoms in total. The van der Waals surface area contributed by atoms with E-state index in [1.165, 1.54) is 30.3 Å². The van der Waals surface area contributed by atoms with E-state index in [0.717, 1.165) is 9.87 Å². The van der Waals surface area contributed by atoms with Crippen molar-refractivity contribution in [2.45, 2.75) is 29.2 Å². The molecule has 6 rings (SSSR count). The maximum atomic E-state index is 13.5. The van der Waals surface area contributed by atoms with Gasteiger partial charge in [-0.25, -0.2) is 21.1 Å². The number of amides is 1. The fourth-order valence-corrected chi connectivity index (χ4v) is 8.20. The summed E-state index contributed by atoms with van der Waals surface area (Å²) in [5.74, 6) is -2.19. The fourth-order valence-electron chi connectivity index (χ4n) is 4.91. The summed E-state index contributed by atoms with van der Waals surface area (Å²) < 4.78 is 54.5. The Morgan fingerprint density at radius 3 is 2.26 bits per heavy atom. The monoisotopic (exact) mass is 455 g/mol. The number of sulfonamides is 1. The molecule has 160 valence electrons. The Labute approximate surface area is 181 Å². The molecule has 31 heavy (non-hydrogen) atoms. The summed E-state index contributed by atoms with van der Waals surface area (Å²) in [4.78, 5) is 13.7. The number of benzene rings is 2. The molecule has 0 aromatic heterocycles. The van der Waals surface area contributed by atoms with Gasteiger partial charge in [0.1, 0.15) is 0 Å². The van der Waals surface area contributed by atoms with Crippen molar-refractivity contribution >= 4 is 25.8 Å². The Morgan fingerprint density at radius 1 is 0.903 bits per heavy atom. The summed E-state index contributed by atoms with van der Waals surface area (Å²) in [5.41, 5.74) is 0.904. The van der Waals surface area contributed by atoms with Gasteiger partial charge in [0.15, 0.2) is 0 Å². The van der Waals surface area contributed by atoms with Crippen LogP contribution < -0.4 is 0 Å². The summed E-state index contributed by atoms with van der Waals surface area (Å²) in [6, 6.07) is 13.4. The van der Waals surface area contributed by atoms with E-state index < -0.39 is 37.7 Å². The lowest BCUT2D eigenvalue weighted by Crippen LogP contribution is -2.60. The molecule has 2 heterocycles. The van der Waals surface area contributed by atoms with Crippen LogP contribution in [0.2, 0.25) is 0 Å². The van der Waals surface area contributed by atoms with Crippen LogP contribution in [0, 0.1) is 24.7 Å². The Hall–Kier alpha value is -2.71. The predicted octanol–water partition coefficient (Wildman–Crippen LogP) is 3.07. The molecule has 0 radical (unpaired) electrons. The molecule has 8 heteroatoms. The number of hydrogen-bond donors (Lipinski definition) is 0. The summed E-state index contributed by atoms with van der Waals surface area (Å²) in [5, 5.41) is 0. The van der Waals surface area contributed by atoms with E-state index in [4.69, 9.17) is 0 Å². The molecule has 2 bridgehead atoms. The standard InChI is InChI=1S/C23H21NO5S2/c1-15-10-12-17(13-11-15)31(28,29)24-20-14-21(30(26,27)16-6-3-2-4-7-16)22(23(24)25)19-9-5-8-18(19)20/h2-7,9-14,18-20,22H,8H2,1H3/t18-,19+,20-,22+/m0/s1. The van der Waals surface area contributed by atoms with Crippen molar-refractivity contribution in [3.8, 4) is 0 Å². The SMILES string of the molecule is Cc1ccc(S(=O)(=O)N2C(=O)[C@H]3C(S(=O)(=O)c4ccccc4)=C[C@H]2[C@H]2CC=C[C@@H]32)cc1. The molecule has 0 saturated carbocycles. The van der Waals surface area contributed by atoms with Crippen molar-refractivity contribution in [2.75, 3.05) is 0 Å². The van der Waals surface area contributed by atoms with E-state index in [9.17, 15) is 21.6 Å². The minimum atomic E-state index is -4.11. The lowest BCUT2D eigenvalue weighted by Gasteiger charge is -2.49. The first-order valence-electron chi connectivity index (χ1n) is 10.1. The van der Waals surface area contributed by atoms with E-state index >= 15 is 0 Å². The van der Waals surface area contributed by atoms with Gasteiger partial charge in [0.2, 0.25) is 15.7 Å². The summed E-state index contributed by atoms with van der Waals surface area (Å²) >= 11 is 0. The number of sulfone groups is 1. The Balaban J connectivity index is 1.65. The van der Waals surface area contributed by atoms with Gasteiger partial charge in [0.25, 0.3) is 10.0 Å². The second kappa shape index (κ2) is 6.90. The quantitative estimate of drug-likeness (QED) is 0.661. The van der Waals surface area contributed by atoms with E-state index in [1.807, 2.05) is 19.1 Å². The van der Waals surface area contributed by atoms with Gasteiger partial charge in [-0.3, -0.25) is 4.79 Å². The third-order valence-corrected chi connectivity index (χ3v) is 10.1. The van der Waals surface area contributed by atoms with Crippen LogP contribution in [0.25, 0.3) is 0 Å². The molecule has 0 N–H and O–H groups in total. The molecule has 1 amide bonds. The molecule has 0 spiro atoms. The fraction of sp³-hybridized carbons (Fsp3) is 0.261. The average Bonchev–Trinajstić information content (AvgIpc) is 3.25. The highest BCUT2D eigenvalue weighted by atomic mass is 32.2. The van der Waals surface area contributed by atoms with Crippen LogP contribution in [0.5, 0.6) is 0 Å². The predicted molar refractivity (Wildman–Crippen MR) is 115 cm³/mol. The van der Waals surface area contributed by atoms with Crippen molar-refractivity contribution in [3.63, 3.8) is 0 Å². The topological polar surface area (TPSA) is 88.6 Å². The first-order chi connectivity index (χ1) is 14.7. The molecular formula is C23H21NO5S2. The van der Waals surface area contributed by atoms with E-state index in [-0.39, 0.29) is 26.5 Å². The second-order valence-corrected chi connectivity index (χ2v) is 12.0. The molecule has 4 atom stereocenters. The maximum Gasteiger partial charge on any atom is 0.267 e. The Bertz CT molecular complexity index is 1330. The minimum absolute atomic E-state index is 0.0110. The van der Waals surface area contributed by atoms with Crippen LogP contribution in [0.15, 0.2) is 87.5 Å². The number of allylic oxidation sites excluding steroid dienone is 2. The van der Waals surface area contributed by atoms with Crippen LogP contribution in [0.4, 0.5) is 0 Å². The number of carbonyl (C=O) groups excluding carboxylic acids is 1. The highest BCUT2D eigenvalue weighted by molar-refractivity contribution is 7.95. The first-order valence-corrected chi connectivity index (χ1v) is 13.0. The number of carbonyl (C=O) groups is 1. The smallest absolute Gasteiger partial charge is 0.267 e.